The number of fused-ring (bicyclic) bond motifs is 2. The summed E-state index contributed by atoms with van der Waals surface area (Å²) < 4.78 is 13.4. The molecular weight excluding hydrogens is 488 g/mol. The monoisotopic (exact) mass is 510 g/mol. The van der Waals surface area contributed by atoms with Crippen molar-refractivity contribution in [2.45, 2.75) is 32.9 Å². The second-order valence-corrected chi connectivity index (χ2v) is 10.3. The Morgan fingerprint density at radius 3 is 2.80 bits per heavy atom. The van der Waals surface area contributed by atoms with Crippen molar-refractivity contribution < 1.29 is 13.9 Å². The number of carbonyl (C=O) groups excluding carboxylic acids is 1. The molecule has 0 saturated carbocycles. The van der Waals surface area contributed by atoms with Gasteiger partial charge in [0.15, 0.2) is 0 Å². The van der Waals surface area contributed by atoms with Crippen LogP contribution in [0.15, 0.2) is 57.3 Å². The Morgan fingerprint density at radius 2 is 2.09 bits per heavy atom. The molecule has 5 aromatic rings. The molecule has 0 spiro atoms. The summed E-state index contributed by atoms with van der Waals surface area (Å²) in [5.74, 6) is 0.576. The maximum absolute atomic E-state index is 13.0. The van der Waals surface area contributed by atoms with E-state index in [9.17, 15) is 9.59 Å². The number of H-pyrrole nitrogens is 1. The van der Waals surface area contributed by atoms with E-state index in [1.807, 2.05) is 46.3 Å². The zero-order valence-electron chi connectivity index (χ0n) is 19.3. The summed E-state index contributed by atoms with van der Waals surface area (Å²) in [5.41, 5.74) is 2.04. The average molecular weight is 511 g/mol. The van der Waals surface area contributed by atoms with Crippen LogP contribution in [-0.2, 0) is 11.3 Å². The van der Waals surface area contributed by atoms with Crippen LogP contribution in [0.5, 0.6) is 0 Å². The first-order valence-electron chi connectivity index (χ1n) is 11.0. The third kappa shape index (κ3) is 4.44. The van der Waals surface area contributed by atoms with E-state index >= 15 is 0 Å². The Labute approximate surface area is 209 Å². The molecule has 8 nitrogen and oxygen atoms in total. The Morgan fingerprint density at radius 1 is 1.29 bits per heavy atom. The molecular formula is C25H23ClN4O4S. The Balaban J connectivity index is 1.68. The molecule has 5 rings (SSSR count). The van der Waals surface area contributed by atoms with Gasteiger partial charge in [-0.1, -0.05) is 29.8 Å². The van der Waals surface area contributed by atoms with Crippen LogP contribution in [0, 0.1) is 0 Å². The molecule has 35 heavy (non-hydrogen) atoms. The van der Waals surface area contributed by atoms with Crippen molar-refractivity contribution in [2.75, 3.05) is 6.54 Å². The van der Waals surface area contributed by atoms with Crippen LogP contribution < -0.4 is 10.9 Å². The molecule has 10 heteroatoms. The number of para-hydroxylation sites is 1. The third-order valence-corrected chi connectivity index (χ3v) is 6.70. The summed E-state index contributed by atoms with van der Waals surface area (Å²) in [7, 11) is 0. The van der Waals surface area contributed by atoms with Crippen molar-refractivity contribution >= 4 is 51.0 Å². The van der Waals surface area contributed by atoms with Gasteiger partial charge in [-0.2, -0.15) is 0 Å². The molecule has 0 fully saturated rings. The second kappa shape index (κ2) is 8.90. The van der Waals surface area contributed by atoms with E-state index in [0.717, 1.165) is 15.8 Å². The fraction of sp³-hybridized carbons (Fsp3) is 0.240. The Bertz CT molecular complexity index is 1570. The number of alkyl carbamates (subject to hydrolysis) is 1. The minimum atomic E-state index is -0.616. The smallest absolute Gasteiger partial charge is 0.407 e. The van der Waals surface area contributed by atoms with Crippen LogP contribution in [0.4, 0.5) is 4.79 Å². The normalized spacial score (nSPS) is 11.9. The molecule has 1 amide bonds. The van der Waals surface area contributed by atoms with Gasteiger partial charge >= 0.3 is 6.09 Å². The molecule has 0 aliphatic heterocycles. The third-order valence-electron chi connectivity index (χ3n) is 5.35. The summed E-state index contributed by atoms with van der Waals surface area (Å²) >= 11 is 8.03. The molecule has 4 heterocycles. The van der Waals surface area contributed by atoms with Crippen LogP contribution >= 0.6 is 22.9 Å². The molecule has 0 aliphatic carbocycles. The fourth-order valence-corrected chi connectivity index (χ4v) is 5.24. The van der Waals surface area contributed by atoms with Gasteiger partial charge in [0.05, 0.1) is 27.5 Å². The number of carbonyl (C=O) groups is 1. The molecule has 0 radical (unpaired) electrons. The highest BCUT2D eigenvalue weighted by Gasteiger charge is 2.27. The van der Waals surface area contributed by atoms with Gasteiger partial charge in [0.2, 0.25) is 0 Å². The van der Waals surface area contributed by atoms with Gasteiger partial charge in [-0.15, -0.1) is 11.3 Å². The first kappa shape index (κ1) is 23.2. The van der Waals surface area contributed by atoms with Crippen molar-refractivity contribution in [1.82, 2.24) is 19.9 Å². The number of furan rings is 1. The van der Waals surface area contributed by atoms with Gasteiger partial charge in [-0.05, 0) is 44.4 Å². The van der Waals surface area contributed by atoms with E-state index in [1.165, 1.54) is 17.7 Å². The highest BCUT2D eigenvalue weighted by atomic mass is 35.5. The first-order chi connectivity index (χ1) is 16.7. The number of halogens is 1. The molecule has 4 aromatic heterocycles. The molecule has 1 aromatic carbocycles. The molecule has 0 saturated heterocycles. The summed E-state index contributed by atoms with van der Waals surface area (Å²) in [6.07, 6.45) is 0.842. The average Bonchev–Trinajstić information content (AvgIpc) is 3.47. The van der Waals surface area contributed by atoms with Crippen molar-refractivity contribution in [3.8, 4) is 21.9 Å². The van der Waals surface area contributed by atoms with Gasteiger partial charge < -0.3 is 24.0 Å². The molecule has 0 unspecified atom stereocenters. The summed E-state index contributed by atoms with van der Waals surface area (Å²) in [6.45, 7) is 5.91. The predicted octanol–water partition coefficient (Wildman–Crippen LogP) is 6.04. The zero-order chi connectivity index (χ0) is 24.7. The first-order valence-corrected chi connectivity index (χ1v) is 12.3. The number of rotatable bonds is 5. The number of aromatic nitrogens is 3. The van der Waals surface area contributed by atoms with Crippen LogP contribution in [0.3, 0.4) is 0 Å². The number of aromatic amines is 1. The summed E-state index contributed by atoms with van der Waals surface area (Å²) in [5, 5.41) is 6.13. The van der Waals surface area contributed by atoms with Crippen molar-refractivity contribution in [3.63, 3.8) is 0 Å². The largest absolute Gasteiger partial charge is 0.456 e. The second-order valence-electron chi connectivity index (χ2n) is 8.98. The topological polar surface area (TPSA) is 102 Å². The fourth-order valence-electron chi connectivity index (χ4n) is 4.03. The Hall–Kier alpha value is -3.56. The molecule has 2 N–H and O–H groups in total. The number of thiophene rings is 1. The predicted molar refractivity (Wildman–Crippen MR) is 138 cm³/mol. The van der Waals surface area contributed by atoms with Crippen molar-refractivity contribution in [1.29, 1.82) is 0 Å². The number of benzene rings is 1. The molecule has 180 valence electrons. The molecule has 0 aliphatic rings. The lowest BCUT2D eigenvalue weighted by molar-refractivity contribution is 0.0526. The molecule has 0 bridgehead atoms. The van der Waals surface area contributed by atoms with Crippen LogP contribution in [0.1, 0.15) is 20.8 Å². The van der Waals surface area contributed by atoms with Gasteiger partial charge in [-0.25, -0.2) is 9.78 Å². The lowest BCUT2D eigenvalue weighted by Gasteiger charge is -2.20. The maximum Gasteiger partial charge on any atom is 0.407 e. The summed E-state index contributed by atoms with van der Waals surface area (Å²) in [6, 6.07) is 11.4. The van der Waals surface area contributed by atoms with Crippen molar-refractivity contribution in [2.24, 2.45) is 0 Å². The number of hydrogen-bond acceptors (Lipinski definition) is 6. The highest BCUT2D eigenvalue weighted by molar-refractivity contribution is 7.14. The number of nitrogens with zero attached hydrogens (tertiary/aromatic N) is 2. The van der Waals surface area contributed by atoms with E-state index in [-0.39, 0.29) is 18.6 Å². The van der Waals surface area contributed by atoms with E-state index in [0.29, 0.717) is 33.1 Å². The van der Waals surface area contributed by atoms with Gasteiger partial charge in [-0.3, -0.25) is 4.79 Å². The number of ether oxygens (including phenoxy) is 1. The quantitative estimate of drug-likeness (QED) is 0.300. The van der Waals surface area contributed by atoms with Crippen LogP contribution in [-0.4, -0.2) is 32.8 Å². The van der Waals surface area contributed by atoms with E-state index in [4.69, 9.17) is 20.8 Å². The van der Waals surface area contributed by atoms with E-state index < -0.39 is 11.7 Å². The summed E-state index contributed by atoms with van der Waals surface area (Å²) in [4.78, 5) is 33.2. The van der Waals surface area contributed by atoms with Gasteiger partial charge in [0, 0.05) is 18.5 Å². The highest BCUT2D eigenvalue weighted by Crippen LogP contribution is 2.45. The minimum absolute atomic E-state index is 0.225. The van der Waals surface area contributed by atoms with E-state index in [2.05, 4.69) is 15.3 Å². The minimum Gasteiger partial charge on any atom is -0.456 e. The lowest BCUT2D eigenvalue weighted by atomic mass is 10.1. The standard InChI is InChI=1S/C25H23ClN4O4S/c1-25(2,3)34-24(32)27-9-10-30-20(22-15(26)8-11-35-22)18(19-21(30)23(31)29-13-28-19)17-12-14-6-4-5-7-16(14)33-17/h4-8,11-13H,9-10H2,1-3H3,(H,27,32)(H,28,29,31). The Kier molecular flexibility index (Phi) is 5.90. The zero-order valence-corrected chi connectivity index (χ0v) is 20.9. The number of nitrogens with one attached hydrogen (secondary N) is 2. The van der Waals surface area contributed by atoms with E-state index in [1.54, 1.807) is 20.8 Å². The molecule has 0 atom stereocenters. The van der Waals surface area contributed by atoms with Gasteiger partial charge in [0.1, 0.15) is 28.0 Å². The number of hydrogen-bond donors (Lipinski definition) is 2. The van der Waals surface area contributed by atoms with Crippen LogP contribution in [0.25, 0.3) is 43.9 Å². The van der Waals surface area contributed by atoms with Crippen molar-refractivity contribution in [3.05, 3.63) is 63.5 Å². The van der Waals surface area contributed by atoms with Gasteiger partial charge in [0.25, 0.3) is 5.56 Å². The SMILES string of the molecule is CC(C)(C)OC(=O)NCCn1c(-c2sccc2Cl)c(-c2cc3ccccc3o2)c2nc[nH]c(=O)c21. The maximum atomic E-state index is 13.0. The van der Waals surface area contributed by atoms with Crippen LogP contribution in [0.2, 0.25) is 5.02 Å². The lowest BCUT2D eigenvalue weighted by Crippen LogP contribution is -2.34. The number of amides is 1.